The van der Waals surface area contributed by atoms with Crippen LogP contribution in [0.4, 0.5) is 5.69 Å². The summed E-state index contributed by atoms with van der Waals surface area (Å²) < 4.78 is 30.1. The number of benzene rings is 2. The number of hydrogen-bond acceptors (Lipinski definition) is 4. The van der Waals surface area contributed by atoms with E-state index in [0.29, 0.717) is 16.3 Å². The zero-order valence-electron chi connectivity index (χ0n) is 12.2. The summed E-state index contributed by atoms with van der Waals surface area (Å²) in [4.78, 5) is 0.359. The van der Waals surface area contributed by atoms with Gasteiger partial charge >= 0.3 is 0 Å². The summed E-state index contributed by atoms with van der Waals surface area (Å²) in [6, 6.07) is 12.3. The van der Waals surface area contributed by atoms with Crippen molar-refractivity contribution < 1.29 is 13.2 Å². The van der Waals surface area contributed by atoms with E-state index in [-0.39, 0.29) is 12.4 Å². The fourth-order valence-electron chi connectivity index (χ4n) is 2.13. The molecule has 0 aliphatic rings. The lowest BCUT2D eigenvalue weighted by Crippen LogP contribution is -2.15. The van der Waals surface area contributed by atoms with Crippen molar-refractivity contribution in [3.63, 3.8) is 0 Å². The van der Waals surface area contributed by atoms with Gasteiger partial charge in [-0.1, -0.05) is 29.8 Å². The van der Waals surface area contributed by atoms with Crippen LogP contribution < -0.4 is 10.5 Å². The first-order valence-electron chi connectivity index (χ1n) is 6.67. The first-order chi connectivity index (χ1) is 9.90. The molecule has 0 atom stereocenters. The number of aryl methyl sites for hydroxylation is 2. The fourth-order valence-corrected chi connectivity index (χ4v) is 3.48. The van der Waals surface area contributed by atoms with E-state index in [1.807, 2.05) is 13.0 Å². The summed E-state index contributed by atoms with van der Waals surface area (Å²) in [5.41, 5.74) is 8.05. The molecule has 2 aromatic carbocycles. The lowest BCUT2D eigenvalue weighted by Gasteiger charge is -2.11. The summed E-state index contributed by atoms with van der Waals surface area (Å²) >= 11 is 0. The quantitative estimate of drug-likeness (QED) is 0.862. The van der Waals surface area contributed by atoms with Gasteiger partial charge in [0.15, 0.2) is 9.84 Å². The van der Waals surface area contributed by atoms with Gasteiger partial charge < -0.3 is 10.5 Å². The fraction of sp³-hybridized carbons (Fsp3) is 0.250. The standard InChI is InChI=1S/C16H19NO3S/c1-12-7-8-16(13(2)11-12)21(18,19)10-9-20-15-6-4-3-5-14(15)17/h3-8,11H,9-10,17H2,1-2H3. The summed E-state index contributed by atoms with van der Waals surface area (Å²) in [5.74, 6) is 0.430. The molecule has 0 amide bonds. The zero-order chi connectivity index (χ0) is 15.5. The predicted octanol–water partition coefficient (Wildman–Crippen LogP) is 2.74. The molecule has 0 fully saturated rings. The Balaban J connectivity index is 2.07. The van der Waals surface area contributed by atoms with Crippen LogP contribution in [0.25, 0.3) is 0 Å². The molecule has 0 aromatic heterocycles. The number of nitrogen functional groups attached to an aromatic ring is 1. The molecular weight excluding hydrogens is 286 g/mol. The lowest BCUT2D eigenvalue weighted by molar-refractivity contribution is 0.342. The SMILES string of the molecule is Cc1ccc(S(=O)(=O)CCOc2ccccc2N)c(C)c1. The molecule has 0 heterocycles. The summed E-state index contributed by atoms with van der Waals surface area (Å²) in [7, 11) is -3.36. The third-order valence-electron chi connectivity index (χ3n) is 3.19. The number of nitrogens with two attached hydrogens (primary N) is 1. The molecule has 0 bridgehead atoms. The third-order valence-corrected chi connectivity index (χ3v) is 5.03. The van der Waals surface area contributed by atoms with Crippen molar-refractivity contribution >= 4 is 15.5 Å². The number of rotatable bonds is 5. The van der Waals surface area contributed by atoms with Crippen LogP contribution in [0.2, 0.25) is 0 Å². The monoisotopic (exact) mass is 305 g/mol. The van der Waals surface area contributed by atoms with Gasteiger partial charge in [0.2, 0.25) is 0 Å². The minimum absolute atomic E-state index is 0.0733. The van der Waals surface area contributed by atoms with E-state index in [1.165, 1.54) is 0 Å². The number of ether oxygens (including phenoxy) is 1. The second kappa shape index (κ2) is 6.18. The average Bonchev–Trinajstić information content (AvgIpc) is 2.40. The minimum Gasteiger partial charge on any atom is -0.490 e. The first-order valence-corrected chi connectivity index (χ1v) is 8.33. The largest absolute Gasteiger partial charge is 0.490 e. The maximum atomic E-state index is 12.3. The van der Waals surface area contributed by atoms with Gasteiger partial charge in [-0.15, -0.1) is 0 Å². The van der Waals surface area contributed by atoms with Crippen molar-refractivity contribution in [2.75, 3.05) is 18.1 Å². The zero-order valence-corrected chi connectivity index (χ0v) is 13.0. The van der Waals surface area contributed by atoms with Gasteiger partial charge in [-0.3, -0.25) is 0 Å². The Bertz CT molecular complexity index is 739. The van der Waals surface area contributed by atoms with E-state index < -0.39 is 9.84 Å². The second-order valence-electron chi connectivity index (χ2n) is 4.97. The van der Waals surface area contributed by atoms with Crippen LogP contribution in [-0.4, -0.2) is 20.8 Å². The molecule has 2 aromatic rings. The molecule has 0 aliphatic heterocycles. The molecule has 0 radical (unpaired) electrons. The van der Waals surface area contributed by atoms with Gasteiger partial charge in [0.1, 0.15) is 12.4 Å². The normalized spacial score (nSPS) is 11.3. The molecule has 112 valence electrons. The van der Waals surface area contributed by atoms with E-state index >= 15 is 0 Å². The van der Waals surface area contributed by atoms with Crippen molar-refractivity contribution in [1.82, 2.24) is 0 Å². The number of hydrogen-bond donors (Lipinski definition) is 1. The topological polar surface area (TPSA) is 69.4 Å². The van der Waals surface area contributed by atoms with Crippen LogP contribution in [0.3, 0.4) is 0 Å². The van der Waals surface area contributed by atoms with Crippen LogP contribution in [-0.2, 0) is 9.84 Å². The van der Waals surface area contributed by atoms with E-state index in [4.69, 9.17) is 10.5 Å². The Hall–Kier alpha value is -2.01. The number of anilines is 1. The van der Waals surface area contributed by atoms with E-state index in [0.717, 1.165) is 11.1 Å². The Morgan fingerprint density at radius 2 is 1.81 bits per heavy atom. The molecule has 2 N–H and O–H groups in total. The number of sulfone groups is 1. The minimum atomic E-state index is -3.36. The summed E-state index contributed by atoms with van der Waals surface area (Å²) in [6.45, 7) is 3.81. The highest BCUT2D eigenvalue weighted by molar-refractivity contribution is 7.91. The smallest absolute Gasteiger partial charge is 0.181 e. The van der Waals surface area contributed by atoms with E-state index in [9.17, 15) is 8.42 Å². The van der Waals surface area contributed by atoms with E-state index in [1.54, 1.807) is 43.3 Å². The van der Waals surface area contributed by atoms with Gasteiger partial charge in [0.05, 0.1) is 16.3 Å². The van der Waals surface area contributed by atoms with Crippen molar-refractivity contribution in [2.24, 2.45) is 0 Å². The van der Waals surface area contributed by atoms with Crippen LogP contribution in [0.1, 0.15) is 11.1 Å². The summed E-state index contributed by atoms with van der Waals surface area (Å²) in [6.07, 6.45) is 0. The van der Waals surface area contributed by atoms with Crippen LogP contribution >= 0.6 is 0 Å². The highest BCUT2D eigenvalue weighted by Gasteiger charge is 2.17. The Morgan fingerprint density at radius 1 is 1.10 bits per heavy atom. The van der Waals surface area contributed by atoms with Crippen LogP contribution in [0.15, 0.2) is 47.4 Å². The van der Waals surface area contributed by atoms with Gasteiger partial charge in [-0.05, 0) is 37.6 Å². The molecular formula is C16H19NO3S. The van der Waals surface area contributed by atoms with Gasteiger partial charge in [-0.25, -0.2) is 8.42 Å². The van der Waals surface area contributed by atoms with Crippen LogP contribution in [0.5, 0.6) is 5.75 Å². The highest BCUT2D eigenvalue weighted by Crippen LogP contribution is 2.21. The molecule has 0 saturated heterocycles. The molecule has 0 spiro atoms. The van der Waals surface area contributed by atoms with Gasteiger partial charge in [0, 0.05) is 0 Å². The summed E-state index contributed by atoms with van der Waals surface area (Å²) in [5, 5.41) is 0. The molecule has 4 nitrogen and oxygen atoms in total. The average molecular weight is 305 g/mol. The lowest BCUT2D eigenvalue weighted by atomic mass is 10.2. The molecule has 0 aliphatic carbocycles. The van der Waals surface area contributed by atoms with Crippen molar-refractivity contribution in [3.05, 3.63) is 53.6 Å². The molecule has 0 unspecified atom stereocenters. The Kier molecular flexibility index (Phi) is 4.53. The van der Waals surface area contributed by atoms with Crippen LogP contribution in [0, 0.1) is 13.8 Å². The Labute approximate surface area is 125 Å². The van der Waals surface area contributed by atoms with Gasteiger partial charge in [-0.2, -0.15) is 0 Å². The third kappa shape index (κ3) is 3.76. The second-order valence-corrected chi connectivity index (χ2v) is 7.05. The number of para-hydroxylation sites is 2. The maximum absolute atomic E-state index is 12.3. The van der Waals surface area contributed by atoms with E-state index in [2.05, 4.69) is 0 Å². The van der Waals surface area contributed by atoms with Crippen molar-refractivity contribution in [2.45, 2.75) is 18.7 Å². The highest BCUT2D eigenvalue weighted by atomic mass is 32.2. The molecule has 5 heteroatoms. The Morgan fingerprint density at radius 3 is 2.48 bits per heavy atom. The van der Waals surface area contributed by atoms with Crippen molar-refractivity contribution in [1.29, 1.82) is 0 Å². The first kappa shape index (κ1) is 15.4. The van der Waals surface area contributed by atoms with Crippen molar-refractivity contribution in [3.8, 4) is 5.75 Å². The van der Waals surface area contributed by atoms with Gasteiger partial charge in [0.25, 0.3) is 0 Å². The predicted molar refractivity (Wildman–Crippen MR) is 84.3 cm³/mol. The molecule has 2 rings (SSSR count). The molecule has 0 saturated carbocycles. The molecule has 21 heavy (non-hydrogen) atoms. The maximum Gasteiger partial charge on any atom is 0.181 e.